The Hall–Kier alpha value is -0.300. The van der Waals surface area contributed by atoms with Gasteiger partial charge in [0.1, 0.15) is 6.29 Å². The summed E-state index contributed by atoms with van der Waals surface area (Å²) in [5.41, 5.74) is 0.687. The number of hydrogen-bond acceptors (Lipinski definition) is 1. The maximum Gasteiger partial charge on any atom is 0.147 e. The normalized spacial score (nSPS) is 12.9. The van der Waals surface area contributed by atoms with Gasteiger partial charge in [0, 0.05) is 10.6 Å². The van der Waals surface area contributed by atoms with E-state index in [1.807, 2.05) is 6.92 Å². The van der Waals surface area contributed by atoms with Crippen LogP contribution in [0.5, 0.6) is 0 Å². The van der Waals surface area contributed by atoms with Gasteiger partial charge in [0.25, 0.3) is 0 Å². The van der Waals surface area contributed by atoms with Gasteiger partial charge in [-0.05, 0) is 13.3 Å². The molecule has 2 heteroatoms. The van der Waals surface area contributed by atoms with Crippen molar-refractivity contribution in [3.8, 4) is 0 Å². The predicted molar refractivity (Wildman–Crippen MR) is 34.9 cm³/mol. The van der Waals surface area contributed by atoms with Gasteiger partial charge in [-0.15, -0.1) is 0 Å². The first-order chi connectivity index (χ1) is 3.72. The fourth-order valence-electron chi connectivity index (χ4n) is 0.408. The molecule has 46 valence electrons. The van der Waals surface area contributed by atoms with E-state index < -0.39 is 0 Å². The van der Waals surface area contributed by atoms with Crippen LogP contribution >= 0.6 is 11.6 Å². The van der Waals surface area contributed by atoms with E-state index >= 15 is 0 Å². The topological polar surface area (TPSA) is 17.1 Å². The maximum absolute atomic E-state index is 10.0. The second-order valence-corrected chi connectivity index (χ2v) is 2.10. The molecule has 0 aromatic heterocycles. The summed E-state index contributed by atoms with van der Waals surface area (Å²) in [6.07, 6.45) is 1.52. The third-order valence-electron chi connectivity index (χ3n) is 0.966. The average molecular weight is 133 g/mol. The lowest BCUT2D eigenvalue weighted by atomic mass is 10.2. The lowest BCUT2D eigenvalue weighted by Crippen LogP contribution is -1.81. The molecule has 0 aromatic rings. The quantitative estimate of drug-likeness (QED) is 0.416. The highest BCUT2D eigenvalue weighted by Gasteiger charge is 1.92. The van der Waals surface area contributed by atoms with E-state index in [2.05, 4.69) is 0 Å². The number of carbonyl (C=O) groups is 1. The Morgan fingerprint density at radius 2 is 2.25 bits per heavy atom. The number of allylic oxidation sites excluding steroid dienone is 2. The van der Waals surface area contributed by atoms with Crippen LogP contribution in [0.3, 0.4) is 0 Å². The number of hydrogen-bond donors (Lipinski definition) is 0. The van der Waals surface area contributed by atoms with Crippen LogP contribution in [-0.4, -0.2) is 6.29 Å². The lowest BCUT2D eigenvalue weighted by Gasteiger charge is -1.91. The van der Waals surface area contributed by atoms with Gasteiger partial charge in [-0.25, -0.2) is 0 Å². The van der Waals surface area contributed by atoms with Crippen molar-refractivity contribution in [3.05, 3.63) is 10.6 Å². The first-order valence-electron chi connectivity index (χ1n) is 2.52. The van der Waals surface area contributed by atoms with Crippen molar-refractivity contribution < 1.29 is 4.79 Å². The van der Waals surface area contributed by atoms with Gasteiger partial charge in [-0.3, -0.25) is 4.79 Å². The highest BCUT2D eigenvalue weighted by atomic mass is 35.5. The Morgan fingerprint density at radius 3 is 2.25 bits per heavy atom. The summed E-state index contributed by atoms with van der Waals surface area (Å²) in [5.74, 6) is 0. The van der Waals surface area contributed by atoms with Crippen molar-refractivity contribution in [3.63, 3.8) is 0 Å². The summed E-state index contributed by atoms with van der Waals surface area (Å²) in [6.45, 7) is 3.62. The zero-order valence-corrected chi connectivity index (χ0v) is 5.83. The Morgan fingerprint density at radius 1 is 1.75 bits per heavy atom. The summed E-state index contributed by atoms with van der Waals surface area (Å²) >= 11 is 5.49. The molecule has 0 amide bonds. The van der Waals surface area contributed by atoms with E-state index in [0.717, 1.165) is 12.7 Å². The molecule has 0 aromatic carbocycles. The third-order valence-corrected chi connectivity index (χ3v) is 1.21. The van der Waals surface area contributed by atoms with Crippen molar-refractivity contribution in [1.82, 2.24) is 0 Å². The first kappa shape index (κ1) is 7.70. The highest BCUT2D eigenvalue weighted by molar-refractivity contribution is 6.30. The number of carbonyl (C=O) groups excluding carboxylic acids is 1. The van der Waals surface area contributed by atoms with Crippen LogP contribution in [0.25, 0.3) is 0 Å². The van der Waals surface area contributed by atoms with Crippen LogP contribution in [0.15, 0.2) is 10.6 Å². The molecule has 0 aliphatic carbocycles. The van der Waals surface area contributed by atoms with Crippen LogP contribution in [-0.2, 0) is 4.79 Å². The highest BCUT2D eigenvalue weighted by Crippen LogP contribution is 2.08. The first-order valence-corrected chi connectivity index (χ1v) is 2.90. The van der Waals surface area contributed by atoms with Gasteiger partial charge in [0.05, 0.1) is 0 Å². The Kier molecular flexibility index (Phi) is 3.53. The van der Waals surface area contributed by atoms with E-state index in [9.17, 15) is 4.79 Å². The molecular weight excluding hydrogens is 124 g/mol. The molecule has 0 aliphatic rings. The minimum Gasteiger partial charge on any atom is -0.298 e. The number of rotatable bonds is 2. The molecule has 0 rings (SSSR count). The van der Waals surface area contributed by atoms with E-state index in [4.69, 9.17) is 11.6 Å². The second kappa shape index (κ2) is 3.67. The second-order valence-electron chi connectivity index (χ2n) is 1.53. The maximum atomic E-state index is 10.0. The van der Waals surface area contributed by atoms with Gasteiger partial charge in [-0.1, -0.05) is 18.5 Å². The Bertz CT molecular complexity index is 112. The molecule has 0 atom stereocenters. The van der Waals surface area contributed by atoms with Crippen molar-refractivity contribution in [2.75, 3.05) is 0 Å². The monoisotopic (exact) mass is 132 g/mol. The van der Waals surface area contributed by atoms with E-state index in [-0.39, 0.29) is 0 Å². The standard InChI is InChI=1S/C6H9ClO/c1-3-6(4-8)5(2)7/h4H,3H2,1-2H3/b6-5-. The molecule has 0 saturated carbocycles. The molecule has 0 spiro atoms. The molecule has 0 heterocycles. The van der Waals surface area contributed by atoms with E-state index in [1.54, 1.807) is 6.92 Å². The van der Waals surface area contributed by atoms with Crippen LogP contribution in [0.2, 0.25) is 0 Å². The van der Waals surface area contributed by atoms with Gasteiger partial charge >= 0.3 is 0 Å². The van der Waals surface area contributed by atoms with Gasteiger partial charge < -0.3 is 0 Å². The van der Waals surface area contributed by atoms with Gasteiger partial charge in [0.15, 0.2) is 0 Å². The Labute approximate surface area is 54.3 Å². The molecule has 0 radical (unpaired) electrons. The molecule has 0 bridgehead atoms. The fraction of sp³-hybridized carbons (Fsp3) is 0.500. The zero-order chi connectivity index (χ0) is 6.57. The minimum absolute atomic E-state index is 0.600. The molecular formula is C6H9ClO. The van der Waals surface area contributed by atoms with Crippen molar-refractivity contribution in [2.24, 2.45) is 0 Å². The van der Waals surface area contributed by atoms with E-state index in [0.29, 0.717) is 10.6 Å². The van der Waals surface area contributed by atoms with Crippen LogP contribution in [0.4, 0.5) is 0 Å². The predicted octanol–water partition coefficient (Wildman–Crippen LogP) is 2.11. The molecule has 1 nitrogen and oxygen atoms in total. The van der Waals surface area contributed by atoms with Crippen molar-refractivity contribution in [1.29, 1.82) is 0 Å². The summed E-state index contributed by atoms with van der Waals surface area (Å²) in [6, 6.07) is 0. The zero-order valence-electron chi connectivity index (χ0n) is 5.07. The van der Waals surface area contributed by atoms with Crippen LogP contribution in [0.1, 0.15) is 20.3 Å². The number of aldehydes is 1. The molecule has 8 heavy (non-hydrogen) atoms. The third kappa shape index (κ3) is 2.12. The van der Waals surface area contributed by atoms with Gasteiger partial charge in [0.2, 0.25) is 0 Å². The fourth-order valence-corrected chi connectivity index (χ4v) is 0.586. The summed E-state index contributed by atoms with van der Waals surface area (Å²) in [7, 11) is 0. The molecule has 0 saturated heterocycles. The average Bonchev–Trinajstić information content (AvgIpc) is 1.69. The smallest absolute Gasteiger partial charge is 0.147 e. The van der Waals surface area contributed by atoms with Crippen LogP contribution < -0.4 is 0 Å². The Balaban J connectivity index is 4.07. The van der Waals surface area contributed by atoms with Gasteiger partial charge in [-0.2, -0.15) is 0 Å². The molecule has 0 N–H and O–H groups in total. The summed E-state index contributed by atoms with van der Waals surface area (Å²) in [5, 5.41) is 0.600. The minimum atomic E-state index is 0.600. The summed E-state index contributed by atoms with van der Waals surface area (Å²) < 4.78 is 0. The molecule has 0 unspecified atom stereocenters. The van der Waals surface area contributed by atoms with Crippen molar-refractivity contribution >= 4 is 17.9 Å². The van der Waals surface area contributed by atoms with Crippen LogP contribution in [0, 0.1) is 0 Å². The molecule has 0 aliphatic heterocycles. The lowest BCUT2D eigenvalue weighted by molar-refractivity contribution is -0.105. The largest absolute Gasteiger partial charge is 0.298 e. The summed E-state index contributed by atoms with van der Waals surface area (Å²) in [4.78, 5) is 10.0. The van der Waals surface area contributed by atoms with E-state index in [1.165, 1.54) is 0 Å². The molecule has 0 fully saturated rings. The van der Waals surface area contributed by atoms with Crippen molar-refractivity contribution in [2.45, 2.75) is 20.3 Å². The SMILES string of the molecule is CC/C(C=O)=C(\C)Cl. The number of halogens is 1.